The average molecular weight is 232 g/mol. The third-order valence-corrected chi connectivity index (χ3v) is 2.31. The minimum Gasteiger partial charge on any atom is -0.396 e. The lowest BCUT2D eigenvalue weighted by Crippen LogP contribution is -2.08. The van der Waals surface area contributed by atoms with Crippen molar-refractivity contribution in [3.05, 3.63) is 48.0 Å². The predicted octanol–water partition coefficient (Wildman–Crippen LogP) is 1.85. The molecule has 0 atom stereocenters. The summed E-state index contributed by atoms with van der Waals surface area (Å²) in [6.07, 6.45) is 3.64. The lowest BCUT2D eigenvalue weighted by Gasteiger charge is -2.05. The van der Waals surface area contributed by atoms with Gasteiger partial charge in [-0.05, 0) is 18.1 Å². The molecule has 2 aromatic rings. The highest BCUT2D eigenvalue weighted by atomic mass is 19.1. The van der Waals surface area contributed by atoms with Crippen LogP contribution >= 0.6 is 0 Å². The average Bonchev–Trinajstić information content (AvgIpc) is 2.34. The Balaban J connectivity index is 1.88. The van der Waals surface area contributed by atoms with Gasteiger partial charge in [0.2, 0.25) is 5.95 Å². The Hall–Kier alpha value is -2.17. The summed E-state index contributed by atoms with van der Waals surface area (Å²) < 4.78 is 13.3. The van der Waals surface area contributed by atoms with E-state index >= 15 is 0 Å². The van der Waals surface area contributed by atoms with E-state index in [0.29, 0.717) is 30.2 Å². The van der Waals surface area contributed by atoms with Crippen LogP contribution in [0.2, 0.25) is 0 Å². The molecule has 0 unspecified atom stereocenters. The molecule has 17 heavy (non-hydrogen) atoms. The van der Waals surface area contributed by atoms with E-state index in [2.05, 4.69) is 15.3 Å². The van der Waals surface area contributed by atoms with Gasteiger partial charge in [-0.2, -0.15) is 0 Å². The van der Waals surface area contributed by atoms with Gasteiger partial charge in [0.15, 0.2) is 0 Å². The smallest absolute Gasteiger partial charge is 0.222 e. The molecule has 0 aliphatic heterocycles. The lowest BCUT2D eigenvalue weighted by molar-refractivity contribution is 0.610. The standard InChI is InChI=1S/C12H13FN4/c13-11-4-2-1-3-9(11)5-6-15-12-16-7-10(14)8-17-12/h1-4,7-8H,5-6,14H2,(H,15,16,17). The first kappa shape index (κ1) is 11.3. The zero-order valence-electron chi connectivity index (χ0n) is 9.23. The van der Waals surface area contributed by atoms with E-state index in [1.54, 1.807) is 12.1 Å². The van der Waals surface area contributed by atoms with Crippen LogP contribution in [0.5, 0.6) is 0 Å². The third-order valence-electron chi connectivity index (χ3n) is 2.31. The molecule has 88 valence electrons. The van der Waals surface area contributed by atoms with Gasteiger partial charge in [-0.25, -0.2) is 14.4 Å². The first-order chi connectivity index (χ1) is 8.25. The minimum absolute atomic E-state index is 0.187. The molecule has 3 N–H and O–H groups in total. The molecular weight excluding hydrogens is 219 g/mol. The van der Waals surface area contributed by atoms with E-state index < -0.39 is 0 Å². The molecule has 0 saturated heterocycles. The van der Waals surface area contributed by atoms with Crippen LogP contribution in [-0.4, -0.2) is 16.5 Å². The molecule has 2 rings (SSSR count). The zero-order chi connectivity index (χ0) is 12.1. The largest absolute Gasteiger partial charge is 0.396 e. The summed E-state index contributed by atoms with van der Waals surface area (Å²) in [4.78, 5) is 7.98. The molecule has 5 heteroatoms. The number of benzene rings is 1. The highest BCUT2D eigenvalue weighted by Gasteiger charge is 2.00. The molecule has 0 aliphatic carbocycles. The number of rotatable bonds is 4. The highest BCUT2D eigenvalue weighted by molar-refractivity contribution is 5.36. The second-order valence-corrected chi connectivity index (χ2v) is 3.61. The van der Waals surface area contributed by atoms with Crippen LogP contribution in [0.3, 0.4) is 0 Å². The number of nitrogens with one attached hydrogen (secondary N) is 1. The number of nitrogens with zero attached hydrogens (tertiary/aromatic N) is 2. The first-order valence-electron chi connectivity index (χ1n) is 5.30. The fourth-order valence-corrected chi connectivity index (χ4v) is 1.44. The Morgan fingerprint density at radius 3 is 2.59 bits per heavy atom. The fourth-order valence-electron chi connectivity index (χ4n) is 1.44. The summed E-state index contributed by atoms with van der Waals surface area (Å²) in [5, 5.41) is 3.00. The molecule has 0 amide bonds. The summed E-state index contributed by atoms with van der Waals surface area (Å²) in [5.74, 6) is 0.308. The van der Waals surface area contributed by atoms with Crippen molar-refractivity contribution in [1.29, 1.82) is 0 Å². The maximum Gasteiger partial charge on any atom is 0.222 e. The van der Waals surface area contributed by atoms with Gasteiger partial charge in [0, 0.05) is 6.54 Å². The van der Waals surface area contributed by atoms with Gasteiger partial charge in [-0.1, -0.05) is 18.2 Å². The number of aromatic nitrogens is 2. The quantitative estimate of drug-likeness (QED) is 0.844. The van der Waals surface area contributed by atoms with Gasteiger partial charge < -0.3 is 11.1 Å². The maximum atomic E-state index is 13.3. The van der Waals surface area contributed by atoms with Gasteiger partial charge in [0.05, 0.1) is 18.1 Å². The van der Waals surface area contributed by atoms with E-state index in [9.17, 15) is 4.39 Å². The van der Waals surface area contributed by atoms with Crippen LogP contribution in [0.15, 0.2) is 36.7 Å². The molecular formula is C12H13FN4. The number of nitrogens with two attached hydrogens (primary N) is 1. The molecule has 1 aromatic carbocycles. The number of hydrogen-bond acceptors (Lipinski definition) is 4. The highest BCUT2D eigenvalue weighted by Crippen LogP contribution is 2.07. The van der Waals surface area contributed by atoms with Crippen molar-refractivity contribution in [3.63, 3.8) is 0 Å². The molecule has 1 heterocycles. The molecule has 0 saturated carbocycles. The maximum absolute atomic E-state index is 13.3. The van der Waals surface area contributed by atoms with E-state index in [4.69, 9.17) is 5.73 Å². The van der Waals surface area contributed by atoms with Crippen molar-refractivity contribution in [2.45, 2.75) is 6.42 Å². The van der Waals surface area contributed by atoms with Crippen LogP contribution in [0.4, 0.5) is 16.0 Å². The SMILES string of the molecule is Nc1cnc(NCCc2ccccc2F)nc1. The number of anilines is 2. The van der Waals surface area contributed by atoms with Crippen molar-refractivity contribution in [3.8, 4) is 0 Å². The van der Waals surface area contributed by atoms with E-state index in [1.807, 2.05) is 6.07 Å². The van der Waals surface area contributed by atoms with Crippen molar-refractivity contribution >= 4 is 11.6 Å². The van der Waals surface area contributed by atoms with Crippen molar-refractivity contribution in [1.82, 2.24) is 9.97 Å². The Bertz CT molecular complexity index is 484. The molecule has 0 radical (unpaired) electrons. The third kappa shape index (κ3) is 3.14. The monoisotopic (exact) mass is 232 g/mol. The molecule has 0 aliphatic rings. The summed E-state index contributed by atoms with van der Waals surface area (Å²) >= 11 is 0. The fraction of sp³-hybridized carbons (Fsp3) is 0.167. The van der Waals surface area contributed by atoms with Crippen molar-refractivity contribution in [2.75, 3.05) is 17.6 Å². The van der Waals surface area contributed by atoms with Crippen LogP contribution in [0, 0.1) is 5.82 Å². The lowest BCUT2D eigenvalue weighted by atomic mass is 10.1. The van der Waals surface area contributed by atoms with Gasteiger partial charge in [-0.15, -0.1) is 0 Å². The Kier molecular flexibility index (Phi) is 3.49. The number of hydrogen-bond donors (Lipinski definition) is 2. The first-order valence-corrected chi connectivity index (χ1v) is 5.30. The van der Waals surface area contributed by atoms with Gasteiger partial charge >= 0.3 is 0 Å². The summed E-state index contributed by atoms with van der Waals surface area (Å²) in [6.45, 7) is 0.574. The molecule has 1 aromatic heterocycles. The number of halogens is 1. The molecule has 0 bridgehead atoms. The van der Waals surface area contributed by atoms with Gasteiger partial charge in [-0.3, -0.25) is 0 Å². The normalized spacial score (nSPS) is 10.2. The summed E-state index contributed by atoms with van der Waals surface area (Å²) in [5.41, 5.74) is 6.66. The Morgan fingerprint density at radius 1 is 1.18 bits per heavy atom. The summed E-state index contributed by atoms with van der Waals surface area (Å²) in [6, 6.07) is 6.71. The Morgan fingerprint density at radius 2 is 1.88 bits per heavy atom. The Labute approximate surface area is 98.7 Å². The van der Waals surface area contributed by atoms with Crippen molar-refractivity contribution < 1.29 is 4.39 Å². The molecule has 4 nitrogen and oxygen atoms in total. The van der Waals surface area contributed by atoms with E-state index in [1.165, 1.54) is 18.5 Å². The molecule has 0 spiro atoms. The van der Waals surface area contributed by atoms with Crippen LogP contribution < -0.4 is 11.1 Å². The topological polar surface area (TPSA) is 63.8 Å². The van der Waals surface area contributed by atoms with E-state index in [0.717, 1.165) is 0 Å². The minimum atomic E-state index is -0.187. The second-order valence-electron chi connectivity index (χ2n) is 3.61. The van der Waals surface area contributed by atoms with Gasteiger partial charge in [0.1, 0.15) is 5.82 Å². The second kappa shape index (κ2) is 5.25. The zero-order valence-corrected chi connectivity index (χ0v) is 9.23. The van der Waals surface area contributed by atoms with Crippen molar-refractivity contribution in [2.24, 2.45) is 0 Å². The van der Waals surface area contributed by atoms with Gasteiger partial charge in [0.25, 0.3) is 0 Å². The number of nitrogen functional groups attached to an aromatic ring is 1. The van der Waals surface area contributed by atoms with E-state index in [-0.39, 0.29) is 5.82 Å². The summed E-state index contributed by atoms with van der Waals surface area (Å²) in [7, 11) is 0. The van der Waals surface area contributed by atoms with Crippen LogP contribution in [0.25, 0.3) is 0 Å². The molecule has 0 fully saturated rings. The van der Waals surface area contributed by atoms with Crippen LogP contribution in [0.1, 0.15) is 5.56 Å². The predicted molar refractivity (Wildman–Crippen MR) is 65.0 cm³/mol. The van der Waals surface area contributed by atoms with Crippen LogP contribution in [-0.2, 0) is 6.42 Å².